The SMILES string of the molecule is COC(=O)C(NCC1CCCN1C(=O)OC(C)(C)C)C(C)C. The highest BCUT2D eigenvalue weighted by Gasteiger charge is 2.33. The minimum atomic E-state index is -0.496. The molecule has 0 spiro atoms. The van der Waals surface area contributed by atoms with Gasteiger partial charge in [-0.1, -0.05) is 13.8 Å². The summed E-state index contributed by atoms with van der Waals surface area (Å²) in [5.41, 5.74) is -0.496. The average molecular weight is 314 g/mol. The van der Waals surface area contributed by atoms with Crippen LogP contribution >= 0.6 is 0 Å². The second kappa shape index (κ2) is 7.81. The van der Waals surface area contributed by atoms with Crippen LogP contribution in [-0.2, 0) is 14.3 Å². The van der Waals surface area contributed by atoms with Crippen molar-refractivity contribution in [1.29, 1.82) is 0 Å². The summed E-state index contributed by atoms with van der Waals surface area (Å²) < 4.78 is 10.3. The smallest absolute Gasteiger partial charge is 0.410 e. The molecule has 6 heteroatoms. The van der Waals surface area contributed by atoms with Gasteiger partial charge in [0.15, 0.2) is 0 Å². The van der Waals surface area contributed by atoms with Crippen molar-refractivity contribution in [2.24, 2.45) is 5.92 Å². The fourth-order valence-corrected chi connectivity index (χ4v) is 2.59. The number of amides is 1. The van der Waals surface area contributed by atoms with Crippen LogP contribution in [0.25, 0.3) is 0 Å². The topological polar surface area (TPSA) is 67.9 Å². The first-order valence-corrected chi connectivity index (χ1v) is 7.96. The van der Waals surface area contributed by atoms with Crippen molar-refractivity contribution >= 4 is 12.1 Å². The molecule has 1 aliphatic heterocycles. The Morgan fingerprint density at radius 3 is 2.45 bits per heavy atom. The van der Waals surface area contributed by atoms with E-state index in [9.17, 15) is 9.59 Å². The zero-order chi connectivity index (χ0) is 16.9. The van der Waals surface area contributed by atoms with Crippen molar-refractivity contribution in [1.82, 2.24) is 10.2 Å². The summed E-state index contributed by atoms with van der Waals surface area (Å²) in [6.07, 6.45) is 1.59. The van der Waals surface area contributed by atoms with Crippen LogP contribution < -0.4 is 5.32 Å². The lowest BCUT2D eigenvalue weighted by atomic mass is 10.0. The van der Waals surface area contributed by atoms with Gasteiger partial charge in [-0.15, -0.1) is 0 Å². The fraction of sp³-hybridized carbons (Fsp3) is 0.875. The summed E-state index contributed by atoms with van der Waals surface area (Å²) in [5, 5.41) is 3.24. The molecule has 0 radical (unpaired) electrons. The number of nitrogens with one attached hydrogen (secondary N) is 1. The van der Waals surface area contributed by atoms with Gasteiger partial charge in [0.2, 0.25) is 0 Å². The van der Waals surface area contributed by atoms with Crippen LogP contribution in [-0.4, -0.2) is 54.8 Å². The van der Waals surface area contributed by atoms with E-state index in [2.05, 4.69) is 5.32 Å². The Morgan fingerprint density at radius 1 is 1.32 bits per heavy atom. The third-order valence-corrected chi connectivity index (χ3v) is 3.70. The third kappa shape index (κ3) is 5.48. The summed E-state index contributed by atoms with van der Waals surface area (Å²) >= 11 is 0. The second-order valence-corrected chi connectivity index (χ2v) is 7.12. The molecule has 22 heavy (non-hydrogen) atoms. The maximum absolute atomic E-state index is 12.2. The lowest BCUT2D eigenvalue weighted by molar-refractivity contribution is -0.144. The second-order valence-electron chi connectivity index (χ2n) is 7.12. The number of esters is 1. The largest absolute Gasteiger partial charge is 0.468 e. The highest BCUT2D eigenvalue weighted by Crippen LogP contribution is 2.20. The minimum Gasteiger partial charge on any atom is -0.468 e. The van der Waals surface area contributed by atoms with Gasteiger partial charge in [0.25, 0.3) is 0 Å². The molecule has 1 aliphatic rings. The van der Waals surface area contributed by atoms with Crippen LogP contribution in [0.3, 0.4) is 0 Å². The van der Waals surface area contributed by atoms with Crippen molar-refractivity contribution < 1.29 is 19.1 Å². The first-order valence-electron chi connectivity index (χ1n) is 7.96. The Balaban J connectivity index is 2.60. The van der Waals surface area contributed by atoms with E-state index in [1.807, 2.05) is 34.6 Å². The number of methoxy groups -OCH3 is 1. The van der Waals surface area contributed by atoms with Crippen molar-refractivity contribution in [3.8, 4) is 0 Å². The summed E-state index contributed by atoms with van der Waals surface area (Å²) in [6, 6.07) is -0.299. The van der Waals surface area contributed by atoms with E-state index in [-0.39, 0.29) is 30.1 Å². The summed E-state index contributed by atoms with van der Waals surface area (Å²) in [4.78, 5) is 25.8. The molecule has 1 N–H and O–H groups in total. The van der Waals surface area contributed by atoms with Crippen molar-refractivity contribution in [2.75, 3.05) is 20.2 Å². The number of ether oxygens (including phenoxy) is 2. The summed E-state index contributed by atoms with van der Waals surface area (Å²) in [5.74, 6) is -0.138. The number of rotatable bonds is 5. The van der Waals surface area contributed by atoms with Gasteiger partial charge in [0.05, 0.1) is 7.11 Å². The number of likely N-dealkylation sites (tertiary alicyclic amines) is 1. The third-order valence-electron chi connectivity index (χ3n) is 3.70. The van der Waals surface area contributed by atoms with Gasteiger partial charge < -0.3 is 19.7 Å². The highest BCUT2D eigenvalue weighted by molar-refractivity contribution is 5.76. The zero-order valence-electron chi connectivity index (χ0n) is 14.6. The molecule has 1 heterocycles. The normalized spacial score (nSPS) is 20.1. The summed E-state index contributed by atoms with van der Waals surface area (Å²) in [7, 11) is 1.39. The van der Waals surface area contributed by atoms with Crippen LogP contribution in [0, 0.1) is 5.92 Å². The van der Waals surface area contributed by atoms with Gasteiger partial charge in [-0.2, -0.15) is 0 Å². The first-order chi connectivity index (χ1) is 10.2. The Labute approximate surface area is 133 Å². The molecule has 1 rings (SSSR count). The number of carbonyl (C=O) groups is 2. The van der Waals surface area contributed by atoms with Gasteiger partial charge >= 0.3 is 12.1 Å². The molecule has 1 amide bonds. The number of nitrogens with zero attached hydrogens (tertiary/aromatic N) is 1. The average Bonchev–Trinajstić information content (AvgIpc) is 2.84. The van der Waals surface area contributed by atoms with Crippen molar-refractivity contribution in [3.63, 3.8) is 0 Å². The van der Waals surface area contributed by atoms with E-state index < -0.39 is 5.60 Å². The molecule has 1 fully saturated rings. The van der Waals surface area contributed by atoms with Crippen LogP contribution in [0.1, 0.15) is 47.5 Å². The van der Waals surface area contributed by atoms with Gasteiger partial charge in [0.1, 0.15) is 11.6 Å². The van der Waals surface area contributed by atoms with Crippen LogP contribution in [0.4, 0.5) is 4.79 Å². The molecule has 128 valence electrons. The molecule has 0 aromatic carbocycles. The summed E-state index contributed by atoms with van der Waals surface area (Å²) in [6.45, 7) is 10.8. The molecule has 1 saturated heterocycles. The van der Waals surface area contributed by atoms with E-state index >= 15 is 0 Å². The molecular formula is C16H30N2O4. The van der Waals surface area contributed by atoms with Crippen LogP contribution in [0.2, 0.25) is 0 Å². The van der Waals surface area contributed by atoms with Gasteiger partial charge in [-0.25, -0.2) is 4.79 Å². The van der Waals surface area contributed by atoms with Gasteiger partial charge in [0, 0.05) is 19.1 Å². The quantitative estimate of drug-likeness (QED) is 0.788. The van der Waals surface area contributed by atoms with Crippen LogP contribution in [0.5, 0.6) is 0 Å². The Kier molecular flexibility index (Phi) is 6.66. The van der Waals surface area contributed by atoms with Gasteiger partial charge in [-0.3, -0.25) is 4.79 Å². The van der Waals surface area contributed by atoms with Crippen molar-refractivity contribution in [3.05, 3.63) is 0 Å². The predicted octanol–water partition coefficient (Wildman–Crippen LogP) is 2.17. The standard InChI is InChI=1S/C16H30N2O4/c1-11(2)13(14(19)21-6)17-10-12-8-7-9-18(12)15(20)22-16(3,4)5/h11-13,17H,7-10H2,1-6H3. The number of hydrogen-bond acceptors (Lipinski definition) is 5. The minimum absolute atomic E-state index is 0.0563. The molecule has 0 aromatic rings. The van der Waals surface area contributed by atoms with E-state index in [1.54, 1.807) is 4.90 Å². The maximum Gasteiger partial charge on any atom is 0.410 e. The molecule has 2 atom stereocenters. The number of hydrogen-bond donors (Lipinski definition) is 1. The Morgan fingerprint density at radius 2 is 1.95 bits per heavy atom. The fourth-order valence-electron chi connectivity index (χ4n) is 2.59. The monoisotopic (exact) mass is 314 g/mol. The highest BCUT2D eigenvalue weighted by atomic mass is 16.6. The molecule has 0 saturated carbocycles. The van der Waals surface area contributed by atoms with E-state index in [4.69, 9.17) is 9.47 Å². The molecular weight excluding hydrogens is 284 g/mol. The van der Waals surface area contributed by atoms with Crippen LogP contribution in [0.15, 0.2) is 0 Å². The van der Waals surface area contributed by atoms with Gasteiger partial charge in [-0.05, 0) is 39.5 Å². The molecule has 6 nitrogen and oxygen atoms in total. The number of carbonyl (C=O) groups excluding carboxylic acids is 2. The van der Waals surface area contributed by atoms with Crippen molar-refractivity contribution in [2.45, 2.75) is 65.1 Å². The maximum atomic E-state index is 12.2. The van der Waals surface area contributed by atoms with E-state index in [0.717, 1.165) is 12.8 Å². The first kappa shape index (κ1) is 18.7. The zero-order valence-corrected chi connectivity index (χ0v) is 14.6. The Hall–Kier alpha value is -1.30. The molecule has 2 unspecified atom stereocenters. The molecule has 0 bridgehead atoms. The lowest BCUT2D eigenvalue weighted by Crippen LogP contribution is -2.49. The lowest BCUT2D eigenvalue weighted by Gasteiger charge is -2.30. The van der Waals surface area contributed by atoms with E-state index in [1.165, 1.54) is 7.11 Å². The molecule has 0 aliphatic carbocycles. The predicted molar refractivity (Wildman–Crippen MR) is 84.6 cm³/mol. The van der Waals surface area contributed by atoms with E-state index in [0.29, 0.717) is 13.1 Å². The molecule has 0 aromatic heterocycles. The Bertz CT molecular complexity index is 390.